The van der Waals surface area contributed by atoms with Crippen LogP contribution in [0.25, 0.3) is 0 Å². The molecule has 2 saturated heterocycles. The summed E-state index contributed by atoms with van der Waals surface area (Å²) in [4.78, 5) is 6.91. The standard InChI is InChI=1S/C9H14IN3O/c10-12-8-11-5-9(14-8)6-13-3-1-2-7(9)4-13/h7H,1-6H2,(H,11,12). The van der Waals surface area contributed by atoms with Gasteiger partial charge < -0.3 is 4.74 Å². The predicted octanol–water partition coefficient (Wildman–Crippen LogP) is 0.777. The molecule has 2 fully saturated rings. The van der Waals surface area contributed by atoms with E-state index in [0.29, 0.717) is 5.92 Å². The molecule has 0 aliphatic carbocycles. The van der Waals surface area contributed by atoms with Crippen molar-refractivity contribution in [2.24, 2.45) is 10.9 Å². The third kappa shape index (κ3) is 1.25. The lowest BCUT2D eigenvalue weighted by Crippen LogP contribution is -2.42. The number of halogens is 1. The Kier molecular flexibility index (Phi) is 2.12. The highest BCUT2D eigenvalue weighted by Gasteiger charge is 2.52. The highest BCUT2D eigenvalue weighted by Crippen LogP contribution is 2.40. The Balaban J connectivity index is 1.80. The molecule has 4 nitrogen and oxygen atoms in total. The van der Waals surface area contributed by atoms with Crippen LogP contribution in [-0.4, -0.2) is 42.7 Å². The molecule has 3 heterocycles. The summed E-state index contributed by atoms with van der Waals surface area (Å²) in [6.07, 6.45) is 2.63. The van der Waals surface area contributed by atoms with Gasteiger partial charge in [-0.05, 0) is 19.4 Å². The highest BCUT2D eigenvalue weighted by atomic mass is 127. The zero-order chi connectivity index (χ0) is 9.60. The number of fused-ring (bicyclic) bond motifs is 3. The van der Waals surface area contributed by atoms with Crippen LogP contribution in [0.5, 0.6) is 0 Å². The molecular formula is C9H14IN3O. The van der Waals surface area contributed by atoms with Crippen LogP contribution < -0.4 is 3.53 Å². The van der Waals surface area contributed by atoms with Crippen molar-refractivity contribution in [3.05, 3.63) is 0 Å². The van der Waals surface area contributed by atoms with Crippen molar-refractivity contribution in [2.75, 3.05) is 26.2 Å². The average molecular weight is 307 g/mol. The maximum atomic E-state index is 5.96. The van der Waals surface area contributed by atoms with Crippen molar-refractivity contribution in [1.82, 2.24) is 8.43 Å². The summed E-state index contributed by atoms with van der Waals surface area (Å²) in [5.74, 6) is 0.697. The summed E-state index contributed by atoms with van der Waals surface area (Å²) < 4.78 is 8.94. The van der Waals surface area contributed by atoms with Crippen molar-refractivity contribution in [2.45, 2.75) is 18.4 Å². The molecule has 2 bridgehead atoms. The van der Waals surface area contributed by atoms with Crippen LogP contribution in [0.1, 0.15) is 12.8 Å². The molecular weight excluding hydrogens is 293 g/mol. The minimum atomic E-state index is 0.0179. The molecule has 3 atom stereocenters. The number of amidine groups is 1. The molecule has 3 rings (SSSR count). The van der Waals surface area contributed by atoms with Gasteiger partial charge in [-0.2, -0.15) is 0 Å². The van der Waals surface area contributed by atoms with Gasteiger partial charge in [-0.25, -0.2) is 4.99 Å². The number of aliphatic imine (C=N–C) groups is 1. The number of piperidine rings is 1. The molecule has 1 spiro atoms. The molecule has 0 saturated carbocycles. The van der Waals surface area contributed by atoms with Crippen LogP contribution in [0.2, 0.25) is 0 Å². The zero-order valence-corrected chi connectivity index (χ0v) is 10.2. The van der Waals surface area contributed by atoms with E-state index in [1.54, 1.807) is 0 Å². The molecule has 0 amide bonds. The first-order chi connectivity index (χ1) is 6.82. The first-order valence-corrected chi connectivity index (χ1v) is 6.23. The van der Waals surface area contributed by atoms with E-state index in [0.717, 1.165) is 19.1 Å². The van der Waals surface area contributed by atoms with Crippen LogP contribution >= 0.6 is 22.9 Å². The maximum Gasteiger partial charge on any atom is 0.294 e. The lowest BCUT2D eigenvalue weighted by Gasteiger charge is -2.28. The summed E-state index contributed by atoms with van der Waals surface area (Å²) >= 11 is 2.08. The van der Waals surface area contributed by atoms with Gasteiger partial charge in [-0.15, -0.1) is 0 Å². The normalized spacial score (nSPS) is 45.1. The summed E-state index contributed by atoms with van der Waals surface area (Å²) in [7, 11) is 0. The Bertz CT molecular complexity index is 283. The molecule has 0 radical (unpaired) electrons. The quantitative estimate of drug-likeness (QED) is 0.531. The first kappa shape index (κ1) is 9.21. The van der Waals surface area contributed by atoms with E-state index in [4.69, 9.17) is 4.74 Å². The smallest absolute Gasteiger partial charge is 0.294 e. The van der Waals surface area contributed by atoms with Gasteiger partial charge in [0.15, 0.2) is 0 Å². The fraction of sp³-hybridized carbons (Fsp3) is 0.889. The monoisotopic (exact) mass is 307 g/mol. The topological polar surface area (TPSA) is 36.9 Å². The van der Waals surface area contributed by atoms with Crippen LogP contribution in [0.4, 0.5) is 0 Å². The van der Waals surface area contributed by atoms with Gasteiger partial charge in [-0.1, -0.05) is 0 Å². The molecule has 0 aromatic heterocycles. The third-order valence-electron chi connectivity index (χ3n) is 3.61. The van der Waals surface area contributed by atoms with E-state index in [2.05, 4.69) is 36.3 Å². The molecule has 0 aromatic rings. The average Bonchev–Trinajstić information content (AvgIpc) is 2.72. The second-order valence-corrected chi connectivity index (χ2v) is 5.00. The fourth-order valence-corrected chi connectivity index (χ4v) is 3.22. The number of nitrogens with zero attached hydrogens (tertiary/aromatic N) is 2. The van der Waals surface area contributed by atoms with Gasteiger partial charge >= 0.3 is 0 Å². The Morgan fingerprint density at radius 1 is 1.64 bits per heavy atom. The number of hydrogen-bond donors (Lipinski definition) is 1. The Hall–Kier alpha value is -0.0400. The number of ether oxygens (including phenoxy) is 1. The Morgan fingerprint density at radius 2 is 2.57 bits per heavy atom. The Morgan fingerprint density at radius 3 is 3.29 bits per heavy atom. The van der Waals surface area contributed by atoms with Gasteiger partial charge in [0.2, 0.25) is 0 Å². The molecule has 5 heteroatoms. The van der Waals surface area contributed by atoms with Gasteiger partial charge in [0.25, 0.3) is 6.02 Å². The summed E-state index contributed by atoms with van der Waals surface area (Å²) in [5, 5.41) is 0. The molecule has 0 aromatic carbocycles. The first-order valence-electron chi connectivity index (χ1n) is 5.15. The largest absolute Gasteiger partial charge is 0.454 e. The highest BCUT2D eigenvalue weighted by molar-refractivity contribution is 14.1. The molecule has 14 heavy (non-hydrogen) atoms. The van der Waals surface area contributed by atoms with E-state index in [9.17, 15) is 0 Å². The number of hydrogen-bond acceptors (Lipinski definition) is 4. The Labute approximate surface area is 97.6 Å². The predicted molar refractivity (Wildman–Crippen MR) is 62.4 cm³/mol. The lowest BCUT2D eigenvalue weighted by atomic mass is 9.87. The van der Waals surface area contributed by atoms with Crippen LogP contribution in [0.3, 0.4) is 0 Å². The van der Waals surface area contributed by atoms with E-state index in [1.165, 1.54) is 25.9 Å². The van der Waals surface area contributed by atoms with E-state index >= 15 is 0 Å². The summed E-state index contributed by atoms with van der Waals surface area (Å²) in [5.41, 5.74) is 0.0179. The van der Waals surface area contributed by atoms with Crippen LogP contribution in [0.15, 0.2) is 4.99 Å². The van der Waals surface area contributed by atoms with Gasteiger partial charge in [-0.3, -0.25) is 8.43 Å². The second-order valence-electron chi connectivity index (χ2n) is 4.46. The SMILES string of the molecule is INC1=NCC2(CN3CCCC2C3)O1. The maximum absolute atomic E-state index is 5.96. The van der Waals surface area contributed by atoms with Gasteiger partial charge in [0.1, 0.15) is 5.60 Å². The number of rotatable bonds is 0. The van der Waals surface area contributed by atoms with E-state index in [1.807, 2.05) is 0 Å². The van der Waals surface area contributed by atoms with Crippen molar-refractivity contribution in [3.63, 3.8) is 0 Å². The van der Waals surface area contributed by atoms with Crippen LogP contribution in [-0.2, 0) is 4.74 Å². The third-order valence-corrected chi connectivity index (χ3v) is 4.07. The second kappa shape index (κ2) is 3.23. The summed E-state index contributed by atoms with van der Waals surface area (Å²) in [6.45, 7) is 4.38. The van der Waals surface area contributed by atoms with E-state index in [-0.39, 0.29) is 5.60 Å². The van der Waals surface area contributed by atoms with Gasteiger partial charge in [0, 0.05) is 19.0 Å². The van der Waals surface area contributed by atoms with E-state index < -0.39 is 0 Å². The molecule has 3 aliphatic heterocycles. The minimum Gasteiger partial charge on any atom is -0.454 e. The molecule has 3 aliphatic rings. The summed E-state index contributed by atoms with van der Waals surface area (Å²) in [6, 6.07) is 0.722. The van der Waals surface area contributed by atoms with Crippen molar-refractivity contribution in [3.8, 4) is 0 Å². The molecule has 3 unspecified atom stereocenters. The van der Waals surface area contributed by atoms with Crippen molar-refractivity contribution in [1.29, 1.82) is 0 Å². The molecule has 78 valence electrons. The minimum absolute atomic E-state index is 0.0179. The zero-order valence-electron chi connectivity index (χ0n) is 8.00. The number of nitrogens with one attached hydrogen (secondary N) is 1. The van der Waals surface area contributed by atoms with Crippen molar-refractivity contribution < 1.29 is 4.74 Å². The van der Waals surface area contributed by atoms with Crippen molar-refractivity contribution >= 4 is 28.9 Å². The lowest BCUT2D eigenvalue weighted by molar-refractivity contribution is 0.0567. The fourth-order valence-electron chi connectivity index (χ4n) is 2.94. The molecule has 1 N–H and O–H groups in total. The van der Waals surface area contributed by atoms with Crippen LogP contribution in [0, 0.1) is 5.92 Å². The van der Waals surface area contributed by atoms with Gasteiger partial charge in [0.05, 0.1) is 29.4 Å².